The average Bonchev–Trinajstić information content (AvgIpc) is 2.18. The number of aromatic nitrogens is 2. The van der Waals surface area contributed by atoms with E-state index in [9.17, 15) is 4.79 Å². The number of rotatable bonds is 1. The molecular weight excluding hydrogens is 168 g/mol. The minimum absolute atomic E-state index is 0.0161. The van der Waals surface area contributed by atoms with Crippen LogP contribution in [0.4, 0.5) is 5.82 Å². The normalized spacial score (nSPS) is 15.2. The second-order valence-electron chi connectivity index (χ2n) is 3.15. The van der Waals surface area contributed by atoms with E-state index in [1.54, 1.807) is 4.57 Å². The van der Waals surface area contributed by atoms with Gasteiger partial charge >= 0.3 is 0 Å². The summed E-state index contributed by atoms with van der Waals surface area (Å²) in [6, 6.07) is 1.43. The first-order valence-corrected chi connectivity index (χ1v) is 4.38. The summed E-state index contributed by atoms with van der Waals surface area (Å²) in [6.45, 7) is 0.784. The predicted octanol–water partition coefficient (Wildman–Crippen LogP) is -0.135. The summed E-state index contributed by atoms with van der Waals surface area (Å²) in [5.74, 6) is 6.49. The van der Waals surface area contributed by atoms with E-state index in [1.807, 2.05) is 0 Å². The lowest BCUT2D eigenvalue weighted by atomic mass is 10.1. The monoisotopic (exact) mass is 180 g/mol. The molecule has 0 atom stereocenters. The molecule has 5 heteroatoms. The van der Waals surface area contributed by atoms with Gasteiger partial charge in [0.1, 0.15) is 11.6 Å². The van der Waals surface area contributed by atoms with E-state index in [0.717, 1.165) is 31.6 Å². The first-order chi connectivity index (χ1) is 6.31. The van der Waals surface area contributed by atoms with Crippen molar-refractivity contribution in [3.8, 4) is 0 Å². The Kier molecular flexibility index (Phi) is 2.02. The molecule has 0 unspecified atom stereocenters. The van der Waals surface area contributed by atoms with Crippen LogP contribution in [0, 0.1) is 0 Å². The Labute approximate surface area is 75.6 Å². The zero-order valence-electron chi connectivity index (χ0n) is 7.29. The van der Waals surface area contributed by atoms with Gasteiger partial charge in [-0.2, -0.15) is 0 Å². The molecular formula is C8H12N4O. The third-order valence-corrected chi connectivity index (χ3v) is 2.27. The molecule has 2 heterocycles. The molecule has 2 rings (SSSR count). The third-order valence-electron chi connectivity index (χ3n) is 2.27. The van der Waals surface area contributed by atoms with Crippen molar-refractivity contribution in [3.63, 3.8) is 0 Å². The number of hydrogen-bond acceptors (Lipinski definition) is 4. The highest BCUT2D eigenvalue weighted by Crippen LogP contribution is 2.11. The number of hydrazine groups is 1. The summed E-state index contributed by atoms with van der Waals surface area (Å²) in [7, 11) is 0. The van der Waals surface area contributed by atoms with E-state index in [0.29, 0.717) is 5.82 Å². The van der Waals surface area contributed by atoms with E-state index < -0.39 is 0 Å². The van der Waals surface area contributed by atoms with Gasteiger partial charge in [-0.3, -0.25) is 9.36 Å². The van der Waals surface area contributed by atoms with Crippen LogP contribution in [-0.2, 0) is 13.0 Å². The lowest BCUT2D eigenvalue weighted by Gasteiger charge is -2.17. The van der Waals surface area contributed by atoms with E-state index in [4.69, 9.17) is 5.84 Å². The molecule has 1 aromatic heterocycles. The number of nitrogens with two attached hydrogens (primary N) is 1. The van der Waals surface area contributed by atoms with Crippen LogP contribution >= 0.6 is 0 Å². The second kappa shape index (κ2) is 3.18. The summed E-state index contributed by atoms with van der Waals surface area (Å²) in [6.07, 6.45) is 3.02. The van der Waals surface area contributed by atoms with Gasteiger partial charge in [-0.25, -0.2) is 10.8 Å². The fourth-order valence-corrected chi connectivity index (χ4v) is 1.61. The molecule has 5 nitrogen and oxygen atoms in total. The Balaban J connectivity index is 2.53. The number of nitrogen functional groups attached to an aromatic ring is 1. The molecule has 0 spiro atoms. The number of hydrogen-bond donors (Lipinski definition) is 2. The molecule has 3 N–H and O–H groups in total. The molecule has 1 aromatic rings. The topological polar surface area (TPSA) is 72.9 Å². The number of fused-ring (bicyclic) bond motifs is 1. The molecule has 0 radical (unpaired) electrons. The Morgan fingerprint density at radius 3 is 3.15 bits per heavy atom. The summed E-state index contributed by atoms with van der Waals surface area (Å²) < 4.78 is 1.71. The fourth-order valence-electron chi connectivity index (χ4n) is 1.61. The molecule has 0 saturated carbocycles. The molecule has 0 fully saturated rings. The zero-order chi connectivity index (χ0) is 9.26. The summed E-state index contributed by atoms with van der Waals surface area (Å²) in [4.78, 5) is 15.7. The van der Waals surface area contributed by atoms with Crippen molar-refractivity contribution in [2.75, 3.05) is 5.43 Å². The number of anilines is 1. The highest BCUT2D eigenvalue weighted by atomic mass is 16.1. The molecule has 1 aliphatic rings. The molecule has 0 bridgehead atoms. The number of nitrogens with one attached hydrogen (secondary N) is 1. The van der Waals surface area contributed by atoms with E-state index in [1.165, 1.54) is 6.07 Å². The maximum Gasteiger partial charge on any atom is 0.255 e. The Bertz CT molecular complexity index is 371. The maximum atomic E-state index is 11.5. The number of aryl methyl sites for hydroxylation is 1. The maximum absolute atomic E-state index is 11.5. The van der Waals surface area contributed by atoms with Crippen LogP contribution in [0.2, 0.25) is 0 Å². The van der Waals surface area contributed by atoms with Crippen LogP contribution in [0.15, 0.2) is 10.9 Å². The van der Waals surface area contributed by atoms with Crippen molar-refractivity contribution in [1.82, 2.24) is 9.55 Å². The van der Waals surface area contributed by atoms with Crippen LogP contribution in [0.25, 0.3) is 0 Å². The molecule has 1 aliphatic heterocycles. The van der Waals surface area contributed by atoms with Gasteiger partial charge in [0.15, 0.2) is 0 Å². The SMILES string of the molecule is NNc1cc(=O)n2c(n1)CCCC2. The molecule has 70 valence electrons. The van der Waals surface area contributed by atoms with Crippen molar-refractivity contribution in [2.24, 2.45) is 5.84 Å². The van der Waals surface area contributed by atoms with Gasteiger partial charge in [-0.05, 0) is 12.8 Å². The van der Waals surface area contributed by atoms with Crippen molar-refractivity contribution in [2.45, 2.75) is 25.8 Å². The van der Waals surface area contributed by atoms with Gasteiger partial charge < -0.3 is 5.43 Å². The van der Waals surface area contributed by atoms with Crippen LogP contribution < -0.4 is 16.8 Å². The summed E-state index contributed by atoms with van der Waals surface area (Å²) in [5.41, 5.74) is 2.38. The first kappa shape index (κ1) is 8.25. The minimum Gasteiger partial charge on any atom is -0.308 e. The molecule has 0 saturated heterocycles. The Hall–Kier alpha value is -1.36. The van der Waals surface area contributed by atoms with Crippen LogP contribution in [0.3, 0.4) is 0 Å². The third kappa shape index (κ3) is 1.42. The fraction of sp³-hybridized carbons (Fsp3) is 0.500. The van der Waals surface area contributed by atoms with Gasteiger partial charge in [0.05, 0.1) is 0 Å². The van der Waals surface area contributed by atoms with Gasteiger partial charge in [-0.15, -0.1) is 0 Å². The summed E-state index contributed by atoms with van der Waals surface area (Å²) in [5, 5.41) is 0. The highest BCUT2D eigenvalue weighted by Gasteiger charge is 2.11. The first-order valence-electron chi connectivity index (χ1n) is 4.38. The Morgan fingerprint density at radius 1 is 1.54 bits per heavy atom. The van der Waals surface area contributed by atoms with Crippen molar-refractivity contribution < 1.29 is 0 Å². The molecule has 0 amide bonds. The molecule has 0 aromatic carbocycles. The van der Waals surface area contributed by atoms with Gasteiger partial charge in [-0.1, -0.05) is 0 Å². The molecule has 0 aliphatic carbocycles. The minimum atomic E-state index is -0.0161. The Morgan fingerprint density at radius 2 is 2.38 bits per heavy atom. The predicted molar refractivity (Wildman–Crippen MR) is 49.2 cm³/mol. The summed E-state index contributed by atoms with van der Waals surface area (Å²) >= 11 is 0. The van der Waals surface area contributed by atoms with Crippen molar-refractivity contribution >= 4 is 5.82 Å². The average molecular weight is 180 g/mol. The lowest BCUT2D eigenvalue weighted by Crippen LogP contribution is -2.29. The van der Waals surface area contributed by atoms with Gasteiger partial charge in [0.2, 0.25) is 0 Å². The molecule has 13 heavy (non-hydrogen) atoms. The van der Waals surface area contributed by atoms with Gasteiger partial charge in [0, 0.05) is 19.0 Å². The zero-order valence-corrected chi connectivity index (χ0v) is 7.29. The van der Waals surface area contributed by atoms with Crippen LogP contribution in [0.1, 0.15) is 18.7 Å². The highest BCUT2D eigenvalue weighted by molar-refractivity contribution is 5.31. The van der Waals surface area contributed by atoms with E-state index in [2.05, 4.69) is 10.4 Å². The van der Waals surface area contributed by atoms with E-state index in [-0.39, 0.29) is 5.56 Å². The van der Waals surface area contributed by atoms with Crippen LogP contribution in [0.5, 0.6) is 0 Å². The standard InChI is InChI=1S/C8H12N4O/c9-11-6-5-8(13)12-4-2-1-3-7(12)10-6/h5,11H,1-4,9H2. The number of nitrogens with zero attached hydrogens (tertiary/aromatic N) is 2. The second-order valence-corrected chi connectivity index (χ2v) is 3.15. The van der Waals surface area contributed by atoms with Gasteiger partial charge in [0.25, 0.3) is 5.56 Å². The largest absolute Gasteiger partial charge is 0.308 e. The van der Waals surface area contributed by atoms with Crippen molar-refractivity contribution in [1.29, 1.82) is 0 Å². The van der Waals surface area contributed by atoms with Crippen molar-refractivity contribution in [3.05, 3.63) is 22.2 Å². The van der Waals surface area contributed by atoms with E-state index >= 15 is 0 Å². The smallest absolute Gasteiger partial charge is 0.255 e. The quantitative estimate of drug-likeness (QED) is 0.466. The lowest BCUT2D eigenvalue weighted by molar-refractivity contribution is 0.496. The van der Waals surface area contributed by atoms with Crippen LogP contribution in [-0.4, -0.2) is 9.55 Å².